The number of aromatic nitrogens is 2. The molecule has 1 aromatic heterocycles. The van der Waals surface area contributed by atoms with Crippen LogP contribution in [0.4, 0.5) is 10.1 Å². The van der Waals surface area contributed by atoms with Crippen molar-refractivity contribution in [2.24, 2.45) is 0 Å². The second-order valence-corrected chi connectivity index (χ2v) is 9.02. The summed E-state index contributed by atoms with van der Waals surface area (Å²) in [6, 6.07) is 21.5. The minimum Gasteiger partial charge on any atom is -0.399 e. The maximum absolute atomic E-state index is 13.6. The van der Waals surface area contributed by atoms with Crippen LogP contribution in [-0.2, 0) is 16.0 Å². The Balaban J connectivity index is 1.50. The van der Waals surface area contributed by atoms with E-state index in [-0.39, 0.29) is 18.3 Å². The third-order valence-corrected chi connectivity index (χ3v) is 6.34. The molecule has 1 amide bonds. The first-order valence-corrected chi connectivity index (χ1v) is 11.6. The van der Waals surface area contributed by atoms with Crippen LogP contribution in [0.15, 0.2) is 83.5 Å². The second kappa shape index (κ2) is 9.40. The molecule has 0 saturated carbocycles. The van der Waals surface area contributed by atoms with Gasteiger partial charge in [0, 0.05) is 34.0 Å². The van der Waals surface area contributed by atoms with Crippen LogP contribution in [0.5, 0.6) is 0 Å². The molecule has 4 aromatic rings. The number of hydrogen-bond acceptors (Lipinski definition) is 4. The van der Waals surface area contributed by atoms with E-state index in [0.29, 0.717) is 24.3 Å². The molecule has 2 heterocycles. The van der Waals surface area contributed by atoms with E-state index in [0.717, 1.165) is 26.9 Å². The standard InChI is InChI=1S/C26H22BrFN4O2/c27-19-5-11-22(12-6-19)32-15-23(25(30-32)18-3-7-20(28)8-4-18)26-31(24(33)16-34-26)14-13-17-1-9-21(29)10-2-17/h1-12,15,26H,13-14,16,29H2/t26-/m1/s1. The van der Waals surface area contributed by atoms with Gasteiger partial charge < -0.3 is 15.4 Å². The van der Waals surface area contributed by atoms with Crippen molar-refractivity contribution in [2.75, 3.05) is 18.9 Å². The van der Waals surface area contributed by atoms with Crippen molar-refractivity contribution in [3.8, 4) is 16.9 Å². The van der Waals surface area contributed by atoms with Gasteiger partial charge in [0.2, 0.25) is 0 Å². The Hall–Kier alpha value is -3.49. The number of nitrogens with zero attached hydrogens (tertiary/aromatic N) is 3. The minimum absolute atomic E-state index is 0.00126. The largest absolute Gasteiger partial charge is 0.399 e. The topological polar surface area (TPSA) is 73.4 Å². The number of halogens is 2. The van der Waals surface area contributed by atoms with Crippen molar-refractivity contribution in [1.29, 1.82) is 0 Å². The van der Waals surface area contributed by atoms with E-state index in [4.69, 9.17) is 15.6 Å². The first-order valence-electron chi connectivity index (χ1n) is 10.8. The third kappa shape index (κ3) is 4.60. The zero-order chi connectivity index (χ0) is 23.7. The highest BCUT2D eigenvalue weighted by molar-refractivity contribution is 9.10. The summed E-state index contributed by atoms with van der Waals surface area (Å²) < 4.78 is 22.3. The van der Waals surface area contributed by atoms with Crippen molar-refractivity contribution in [3.63, 3.8) is 0 Å². The lowest BCUT2D eigenvalue weighted by atomic mass is 10.1. The van der Waals surface area contributed by atoms with Crippen LogP contribution in [-0.4, -0.2) is 33.7 Å². The second-order valence-electron chi connectivity index (χ2n) is 8.10. The molecule has 0 unspecified atom stereocenters. The molecule has 0 bridgehead atoms. The maximum atomic E-state index is 13.6. The highest BCUT2D eigenvalue weighted by Crippen LogP contribution is 2.35. The molecule has 6 nitrogen and oxygen atoms in total. The number of benzene rings is 3. The first-order chi connectivity index (χ1) is 16.5. The molecular formula is C26H22BrFN4O2. The molecule has 0 spiro atoms. The molecule has 3 aromatic carbocycles. The highest BCUT2D eigenvalue weighted by atomic mass is 79.9. The van der Waals surface area contributed by atoms with Crippen LogP contribution in [0.25, 0.3) is 16.9 Å². The lowest BCUT2D eigenvalue weighted by Gasteiger charge is -2.23. The normalized spacial score (nSPS) is 15.8. The Kier molecular flexibility index (Phi) is 6.17. The van der Waals surface area contributed by atoms with Crippen molar-refractivity contribution in [2.45, 2.75) is 12.6 Å². The number of hydrogen-bond donors (Lipinski definition) is 1. The molecule has 34 heavy (non-hydrogen) atoms. The van der Waals surface area contributed by atoms with Gasteiger partial charge in [-0.1, -0.05) is 28.1 Å². The molecular weight excluding hydrogens is 499 g/mol. The van der Waals surface area contributed by atoms with Gasteiger partial charge in [-0.05, 0) is 72.6 Å². The molecule has 0 radical (unpaired) electrons. The SMILES string of the molecule is Nc1ccc(CCN2C(=O)CO[C@@H]2c2cn(-c3ccc(Br)cc3)nc2-c2ccc(F)cc2)cc1. The van der Waals surface area contributed by atoms with E-state index in [1.54, 1.807) is 21.7 Å². The maximum Gasteiger partial charge on any atom is 0.250 e. The number of carbonyl (C=O) groups excluding carboxylic acids is 1. The van der Waals surface area contributed by atoms with Crippen LogP contribution in [0.3, 0.4) is 0 Å². The fourth-order valence-corrected chi connectivity index (χ4v) is 4.28. The average molecular weight is 521 g/mol. The van der Waals surface area contributed by atoms with Crippen LogP contribution in [0, 0.1) is 5.82 Å². The number of amides is 1. The van der Waals surface area contributed by atoms with Crippen molar-refractivity contribution < 1.29 is 13.9 Å². The molecule has 1 saturated heterocycles. The van der Waals surface area contributed by atoms with Gasteiger partial charge >= 0.3 is 0 Å². The third-order valence-electron chi connectivity index (χ3n) is 5.81. The molecule has 1 aliphatic heterocycles. The van der Waals surface area contributed by atoms with Crippen molar-refractivity contribution >= 4 is 27.5 Å². The summed E-state index contributed by atoms with van der Waals surface area (Å²) in [5.74, 6) is -0.406. The van der Waals surface area contributed by atoms with Gasteiger partial charge in [-0.3, -0.25) is 4.79 Å². The van der Waals surface area contributed by atoms with Crippen LogP contribution < -0.4 is 5.73 Å². The fraction of sp³-hybridized carbons (Fsp3) is 0.154. The molecule has 172 valence electrons. The summed E-state index contributed by atoms with van der Waals surface area (Å²) in [6.07, 6.45) is 1.95. The van der Waals surface area contributed by atoms with E-state index in [1.165, 1.54) is 12.1 Å². The molecule has 1 fully saturated rings. The molecule has 0 aliphatic carbocycles. The van der Waals surface area contributed by atoms with Gasteiger partial charge in [0.1, 0.15) is 18.1 Å². The number of carbonyl (C=O) groups is 1. The first kappa shape index (κ1) is 22.3. The van der Waals surface area contributed by atoms with E-state index in [9.17, 15) is 9.18 Å². The Labute approximate surface area is 204 Å². The lowest BCUT2D eigenvalue weighted by Crippen LogP contribution is -2.30. The zero-order valence-corrected chi connectivity index (χ0v) is 19.8. The smallest absolute Gasteiger partial charge is 0.250 e. The van der Waals surface area contributed by atoms with E-state index < -0.39 is 6.23 Å². The molecule has 1 atom stereocenters. The highest BCUT2D eigenvalue weighted by Gasteiger charge is 2.36. The predicted molar refractivity (Wildman–Crippen MR) is 132 cm³/mol. The van der Waals surface area contributed by atoms with Gasteiger partial charge in [0.25, 0.3) is 5.91 Å². The quantitative estimate of drug-likeness (QED) is 0.358. The Bertz CT molecular complexity index is 1300. The Morgan fingerprint density at radius 1 is 1.03 bits per heavy atom. The predicted octanol–water partition coefficient (Wildman–Crippen LogP) is 5.12. The van der Waals surface area contributed by atoms with Gasteiger partial charge in [0.15, 0.2) is 6.23 Å². The number of anilines is 1. The summed E-state index contributed by atoms with van der Waals surface area (Å²) in [5.41, 5.74) is 10.6. The number of ether oxygens (including phenoxy) is 1. The summed E-state index contributed by atoms with van der Waals surface area (Å²) >= 11 is 3.45. The molecule has 1 aliphatic rings. The monoisotopic (exact) mass is 520 g/mol. The Morgan fingerprint density at radius 3 is 2.44 bits per heavy atom. The van der Waals surface area contributed by atoms with Gasteiger partial charge in [-0.2, -0.15) is 5.10 Å². The summed E-state index contributed by atoms with van der Waals surface area (Å²) in [6.45, 7) is 0.485. The van der Waals surface area contributed by atoms with Gasteiger partial charge in [-0.15, -0.1) is 0 Å². The van der Waals surface area contributed by atoms with Crippen LogP contribution in [0.1, 0.15) is 17.4 Å². The zero-order valence-electron chi connectivity index (χ0n) is 18.2. The minimum atomic E-state index is -0.592. The summed E-state index contributed by atoms with van der Waals surface area (Å²) in [7, 11) is 0. The van der Waals surface area contributed by atoms with Gasteiger partial charge in [-0.25, -0.2) is 9.07 Å². The van der Waals surface area contributed by atoms with Crippen molar-refractivity contribution in [1.82, 2.24) is 14.7 Å². The number of nitrogens with two attached hydrogens (primary N) is 1. The molecule has 5 rings (SSSR count). The summed E-state index contributed by atoms with van der Waals surface area (Å²) in [5, 5.41) is 4.79. The van der Waals surface area contributed by atoms with Crippen molar-refractivity contribution in [3.05, 3.63) is 100 Å². The summed E-state index contributed by atoms with van der Waals surface area (Å²) in [4.78, 5) is 14.5. The average Bonchev–Trinajstić information content (AvgIpc) is 3.43. The van der Waals surface area contributed by atoms with Gasteiger partial charge in [0.05, 0.1) is 5.69 Å². The van der Waals surface area contributed by atoms with E-state index >= 15 is 0 Å². The number of nitrogen functional groups attached to an aromatic ring is 1. The fourth-order valence-electron chi connectivity index (χ4n) is 4.01. The van der Waals surface area contributed by atoms with E-state index in [2.05, 4.69) is 15.9 Å². The van der Waals surface area contributed by atoms with Crippen LogP contribution in [0.2, 0.25) is 0 Å². The molecule has 2 N–H and O–H groups in total. The lowest BCUT2D eigenvalue weighted by molar-refractivity contribution is -0.128. The van der Waals surface area contributed by atoms with Crippen LogP contribution >= 0.6 is 15.9 Å². The Morgan fingerprint density at radius 2 is 1.74 bits per heavy atom. The molecule has 8 heteroatoms. The number of rotatable bonds is 6. The van der Waals surface area contributed by atoms with E-state index in [1.807, 2.05) is 54.7 Å².